The highest BCUT2D eigenvalue weighted by atomic mass is 16.5. The van der Waals surface area contributed by atoms with Gasteiger partial charge in [-0.2, -0.15) is 0 Å². The topological polar surface area (TPSA) is 55.4 Å². The fraction of sp³-hybridized carbons (Fsp3) is 0.778. The largest absolute Gasteiger partial charge is 0.461 e. The number of esters is 1. The molecule has 4 heteroatoms. The van der Waals surface area contributed by atoms with E-state index in [0.717, 1.165) is 0 Å². The second kappa shape index (κ2) is 3.77. The van der Waals surface area contributed by atoms with E-state index in [0.29, 0.717) is 0 Å². The van der Waals surface area contributed by atoms with Gasteiger partial charge in [0.2, 0.25) is 5.91 Å². The zero-order valence-corrected chi connectivity index (χ0v) is 8.16. The number of nitrogens with one attached hydrogen (secondary N) is 1. The molecular formula is C9H15NO3. The number of rotatable bonds is 1. The number of ether oxygens (including phenoxy) is 1. The highest BCUT2D eigenvalue weighted by molar-refractivity contribution is 5.86. The third-order valence-corrected chi connectivity index (χ3v) is 2.03. The molecule has 0 radical (unpaired) electrons. The summed E-state index contributed by atoms with van der Waals surface area (Å²) in [5.41, 5.74) is 0. The molecule has 0 aromatic heterocycles. The van der Waals surface area contributed by atoms with Gasteiger partial charge in [0.05, 0.1) is 6.42 Å². The molecule has 1 aliphatic rings. The molecule has 0 aromatic carbocycles. The first kappa shape index (κ1) is 10.0. The van der Waals surface area contributed by atoms with E-state index < -0.39 is 6.04 Å². The Morgan fingerprint density at radius 3 is 2.62 bits per heavy atom. The molecule has 0 saturated carbocycles. The first-order chi connectivity index (χ1) is 6.00. The van der Waals surface area contributed by atoms with E-state index in [9.17, 15) is 9.59 Å². The van der Waals surface area contributed by atoms with Gasteiger partial charge in [0, 0.05) is 0 Å². The molecular weight excluding hydrogens is 170 g/mol. The Morgan fingerprint density at radius 2 is 2.08 bits per heavy atom. The smallest absolute Gasteiger partial charge is 0.329 e. The SMILES string of the molecule is CC1CC(=O)NC(C(C)C)C(=O)O1. The van der Waals surface area contributed by atoms with Crippen molar-refractivity contribution in [3.05, 3.63) is 0 Å². The second-order valence-electron chi connectivity index (χ2n) is 3.74. The molecule has 1 heterocycles. The molecule has 1 fully saturated rings. The van der Waals surface area contributed by atoms with Crippen molar-refractivity contribution in [2.24, 2.45) is 5.92 Å². The van der Waals surface area contributed by atoms with E-state index >= 15 is 0 Å². The van der Waals surface area contributed by atoms with Crippen LogP contribution in [-0.4, -0.2) is 24.0 Å². The molecule has 1 amide bonds. The summed E-state index contributed by atoms with van der Waals surface area (Å²) < 4.78 is 5.03. The van der Waals surface area contributed by atoms with Crippen molar-refractivity contribution in [2.75, 3.05) is 0 Å². The van der Waals surface area contributed by atoms with E-state index in [1.165, 1.54) is 0 Å². The number of cyclic esters (lactones) is 1. The minimum atomic E-state index is -0.488. The van der Waals surface area contributed by atoms with Crippen LogP contribution in [0, 0.1) is 5.92 Å². The first-order valence-corrected chi connectivity index (χ1v) is 4.50. The molecule has 0 aliphatic carbocycles. The van der Waals surface area contributed by atoms with Gasteiger partial charge in [0.1, 0.15) is 12.1 Å². The van der Waals surface area contributed by atoms with Gasteiger partial charge in [-0.1, -0.05) is 13.8 Å². The Balaban J connectivity index is 2.74. The Kier molecular flexibility index (Phi) is 2.90. The predicted molar refractivity (Wildman–Crippen MR) is 46.9 cm³/mol. The molecule has 1 saturated heterocycles. The molecule has 74 valence electrons. The van der Waals surface area contributed by atoms with Crippen LogP contribution in [0.4, 0.5) is 0 Å². The molecule has 13 heavy (non-hydrogen) atoms. The van der Waals surface area contributed by atoms with Crippen LogP contribution in [0.3, 0.4) is 0 Å². The third kappa shape index (κ3) is 2.44. The predicted octanol–water partition coefficient (Wildman–Crippen LogP) is 0.463. The lowest BCUT2D eigenvalue weighted by molar-refractivity contribution is -0.150. The molecule has 2 unspecified atom stereocenters. The minimum absolute atomic E-state index is 0.0711. The fourth-order valence-electron chi connectivity index (χ4n) is 1.30. The Morgan fingerprint density at radius 1 is 1.46 bits per heavy atom. The molecule has 4 nitrogen and oxygen atoms in total. The summed E-state index contributed by atoms with van der Waals surface area (Å²) >= 11 is 0. The molecule has 0 spiro atoms. The van der Waals surface area contributed by atoms with Crippen molar-refractivity contribution in [1.29, 1.82) is 0 Å². The quantitative estimate of drug-likeness (QED) is 0.604. The van der Waals surface area contributed by atoms with Gasteiger partial charge in [-0.15, -0.1) is 0 Å². The van der Waals surface area contributed by atoms with E-state index in [-0.39, 0.29) is 30.3 Å². The molecule has 0 bridgehead atoms. The Bertz CT molecular complexity index is 225. The molecule has 2 atom stereocenters. The summed E-state index contributed by atoms with van der Waals surface area (Å²) in [5.74, 6) is -0.368. The molecule has 1 N–H and O–H groups in total. The van der Waals surface area contributed by atoms with Gasteiger partial charge < -0.3 is 10.1 Å². The van der Waals surface area contributed by atoms with E-state index in [4.69, 9.17) is 4.74 Å². The maximum atomic E-state index is 11.4. The van der Waals surface area contributed by atoms with Crippen molar-refractivity contribution < 1.29 is 14.3 Å². The zero-order chi connectivity index (χ0) is 10.0. The van der Waals surface area contributed by atoms with Crippen LogP contribution in [0.5, 0.6) is 0 Å². The van der Waals surface area contributed by atoms with Gasteiger partial charge in [0.25, 0.3) is 0 Å². The fourth-order valence-corrected chi connectivity index (χ4v) is 1.30. The zero-order valence-electron chi connectivity index (χ0n) is 8.16. The number of amides is 1. The van der Waals surface area contributed by atoms with Crippen LogP contribution in [0.2, 0.25) is 0 Å². The van der Waals surface area contributed by atoms with Crippen LogP contribution in [-0.2, 0) is 14.3 Å². The van der Waals surface area contributed by atoms with Crippen LogP contribution >= 0.6 is 0 Å². The summed E-state index contributed by atoms with van der Waals surface area (Å²) in [6.07, 6.45) is -0.0501. The lowest BCUT2D eigenvalue weighted by Gasteiger charge is -2.17. The molecule has 0 aromatic rings. The summed E-state index contributed by atoms with van der Waals surface area (Å²) in [5, 5.41) is 2.64. The highest BCUT2D eigenvalue weighted by Crippen LogP contribution is 2.11. The summed E-state index contributed by atoms with van der Waals surface area (Å²) in [6.45, 7) is 5.48. The van der Waals surface area contributed by atoms with Crippen molar-refractivity contribution >= 4 is 11.9 Å². The van der Waals surface area contributed by atoms with Gasteiger partial charge in [-0.05, 0) is 12.8 Å². The van der Waals surface area contributed by atoms with Crippen LogP contribution in [0.25, 0.3) is 0 Å². The van der Waals surface area contributed by atoms with Gasteiger partial charge in [-0.3, -0.25) is 4.79 Å². The van der Waals surface area contributed by atoms with E-state index in [2.05, 4.69) is 5.32 Å². The van der Waals surface area contributed by atoms with Crippen molar-refractivity contribution in [3.8, 4) is 0 Å². The Hall–Kier alpha value is -1.06. The highest BCUT2D eigenvalue weighted by Gasteiger charge is 2.31. The van der Waals surface area contributed by atoms with E-state index in [1.54, 1.807) is 6.92 Å². The maximum Gasteiger partial charge on any atom is 0.329 e. The van der Waals surface area contributed by atoms with Gasteiger partial charge in [-0.25, -0.2) is 4.79 Å². The number of hydrogen-bond acceptors (Lipinski definition) is 3. The standard InChI is InChI=1S/C9H15NO3/c1-5(2)8-9(12)13-6(3)4-7(11)10-8/h5-6,8H,4H2,1-3H3,(H,10,11). The summed E-state index contributed by atoms with van der Waals surface area (Å²) in [7, 11) is 0. The van der Waals surface area contributed by atoms with Crippen molar-refractivity contribution in [1.82, 2.24) is 5.32 Å². The average molecular weight is 185 g/mol. The minimum Gasteiger partial charge on any atom is -0.461 e. The lowest BCUT2D eigenvalue weighted by Crippen LogP contribution is -2.42. The second-order valence-corrected chi connectivity index (χ2v) is 3.74. The lowest BCUT2D eigenvalue weighted by atomic mass is 10.1. The van der Waals surface area contributed by atoms with Crippen LogP contribution in [0.1, 0.15) is 27.2 Å². The molecule has 1 aliphatic heterocycles. The number of carbonyl (C=O) groups excluding carboxylic acids is 2. The summed E-state index contributed by atoms with van der Waals surface area (Å²) in [6, 6.07) is -0.488. The Labute approximate surface area is 77.6 Å². The van der Waals surface area contributed by atoms with Gasteiger partial charge in [0.15, 0.2) is 0 Å². The van der Waals surface area contributed by atoms with E-state index in [1.807, 2.05) is 13.8 Å². The van der Waals surface area contributed by atoms with Crippen molar-refractivity contribution in [2.45, 2.75) is 39.3 Å². The monoisotopic (exact) mass is 185 g/mol. The molecule has 1 rings (SSSR count). The normalized spacial score (nSPS) is 29.5. The van der Waals surface area contributed by atoms with Gasteiger partial charge >= 0.3 is 5.97 Å². The third-order valence-electron chi connectivity index (χ3n) is 2.03. The maximum absolute atomic E-state index is 11.4. The van der Waals surface area contributed by atoms with Crippen LogP contribution < -0.4 is 5.32 Å². The number of carbonyl (C=O) groups is 2. The average Bonchev–Trinajstić information content (AvgIpc) is 2.09. The van der Waals surface area contributed by atoms with Crippen molar-refractivity contribution in [3.63, 3.8) is 0 Å². The van der Waals surface area contributed by atoms with Crippen LogP contribution in [0.15, 0.2) is 0 Å². The summed E-state index contributed by atoms with van der Waals surface area (Å²) in [4.78, 5) is 22.6. The first-order valence-electron chi connectivity index (χ1n) is 4.50. The number of hydrogen-bond donors (Lipinski definition) is 1.